The van der Waals surface area contributed by atoms with Crippen molar-refractivity contribution in [3.8, 4) is 0 Å². The molecular formula is C20H24ClFN2O. The smallest absolute Gasteiger partial charge is 0.216 e. The number of nitrogen functional groups attached to an aromatic ring is 1. The molecule has 1 aromatic carbocycles. The highest BCUT2D eigenvalue weighted by molar-refractivity contribution is 6.31. The second-order valence-corrected chi connectivity index (χ2v) is 6.65. The van der Waals surface area contributed by atoms with E-state index in [1.165, 1.54) is 37.6 Å². The molecule has 2 N–H and O–H groups in total. The van der Waals surface area contributed by atoms with Gasteiger partial charge >= 0.3 is 0 Å². The number of anilines is 1. The molecule has 0 aliphatic heterocycles. The van der Waals surface area contributed by atoms with Gasteiger partial charge < -0.3 is 5.73 Å². The SMILES string of the molecule is CCCCCCCCc1cccc(F)c1C(=O)c1ncc(Cl)cc1N. The topological polar surface area (TPSA) is 56.0 Å². The van der Waals surface area contributed by atoms with Gasteiger partial charge in [-0.05, 0) is 30.5 Å². The van der Waals surface area contributed by atoms with Gasteiger partial charge in [-0.1, -0.05) is 62.8 Å². The number of rotatable bonds is 9. The van der Waals surface area contributed by atoms with E-state index in [1.54, 1.807) is 12.1 Å². The first-order chi connectivity index (χ1) is 12.0. The number of benzene rings is 1. The number of hydrogen-bond donors (Lipinski definition) is 1. The van der Waals surface area contributed by atoms with Crippen LogP contribution in [0.4, 0.5) is 10.1 Å². The molecule has 0 aliphatic rings. The second-order valence-electron chi connectivity index (χ2n) is 6.21. The van der Waals surface area contributed by atoms with Gasteiger partial charge in [-0.2, -0.15) is 0 Å². The van der Waals surface area contributed by atoms with Crippen LogP contribution in [0.3, 0.4) is 0 Å². The number of hydrogen-bond acceptors (Lipinski definition) is 3. The molecule has 1 heterocycles. The molecule has 0 saturated heterocycles. The number of unbranched alkanes of at least 4 members (excludes halogenated alkanes) is 5. The first kappa shape index (κ1) is 19.4. The van der Waals surface area contributed by atoms with Crippen LogP contribution in [-0.4, -0.2) is 10.8 Å². The highest BCUT2D eigenvalue weighted by Crippen LogP contribution is 2.23. The molecular weight excluding hydrogens is 339 g/mol. The zero-order chi connectivity index (χ0) is 18.2. The Bertz CT molecular complexity index is 734. The van der Waals surface area contributed by atoms with Gasteiger partial charge in [0.25, 0.3) is 0 Å². The summed E-state index contributed by atoms with van der Waals surface area (Å²) >= 11 is 5.82. The zero-order valence-corrected chi connectivity index (χ0v) is 15.3. The van der Waals surface area contributed by atoms with Crippen molar-refractivity contribution >= 4 is 23.1 Å². The number of pyridine rings is 1. The van der Waals surface area contributed by atoms with Crippen LogP contribution in [0.2, 0.25) is 5.02 Å². The van der Waals surface area contributed by atoms with E-state index in [0.29, 0.717) is 17.0 Å². The van der Waals surface area contributed by atoms with E-state index in [2.05, 4.69) is 11.9 Å². The molecule has 0 fully saturated rings. The van der Waals surface area contributed by atoms with Gasteiger partial charge in [-0.25, -0.2) is 9.37 Å². The van der Waals surface area contributed by atoms with Gasteiger partial charge in [0.2, 0.25) is 5.78 Å². The Morgan fingerprint density at radius 1 is 1.20 bits per heavy atom. The minimum absolute atomic E-state index is 0.0405. The number of aromatic nitrogens is 1. The standard InChI is InChI=1S/C20H24ClFN2O/c1-2-3-4-5-6-7-9-14-10-8-11-16(22)18(14)20(25)19-17(23)12-15(21)13-24-19/h8,10-13H,2-7,9,23H2,1H3. The van der Waals surface area contributed by atoms with Crippen molar-refractivity contribution in [1.29, 1.82) is 0 Å². The molecule has 1 aromatic heterocycles. The molecule has 25 heavy (non-hydrogen) atoms. The van der Waals surface area contributed by atoms with Gasteiger partial charge in [-0.15, -0.1) is 0 Å². The monoisotopic (exact) mass is 362 g/mol. The van der Waals surface area contributed by atoms with Crippen LogP contribution in [0, 0.1) is 5.82 Å². The molecule has 0 atom stereocenters. The summed E-state index contributed by atoms with van der Waals surface area (Å²) in [5.41, 5.74) is 6.81. The predicted molar refractivity (Wildman–Crippen MR) is 101 cm³/mol. The van der Waals surface area contributed by atoms with Crippen molar-refractivity contribution in [3.63, 3.8) is 0 Å². The number of halogens is 2. The van der Waals surface area contributed by atoms with Crippen LogP contribution in [-0.2, 0) is 6.42 Å². The summed E-state index contributed by atoms with van der Waals surface area (Å²) in [6.45, 7) is 2.18. The molecule has 0 aliphatic carbocycles. The summed E-state index contributed by atoms with van der Waals surface area (Å²) in [6.07, 6.45) is 8.85. The fourth-order valence-electron chi connectivity index (χ4n) is 2.89. The minimum Gasteiger partial charge on any atom is -0.397 e. The fraction of sp³-hybridized carbons (Fsp3) is 0.400. The summed E-state index contributed by atoms with van der Waals surface area (Å²) in [6, 6.07) is 6.19. The lowest BCUT2D eigenvalue weighted by molar-refractivity contribution is 0.103. The Labute approximate surface area is 153 Å². The van der Waals surface area contributed by atoms with Crippen molar-refractivity contribution in [2.24, 2.45) is 0 Å². The minimum atomic E-state index is -0.537. The molecule has 3 nitrogen and oxygen atoms in total. The number of carbonyl (C=O) groups excluding carboxylic acids is 1. The molecule has 5 heteroatoms. The summed E-state index contributed by atoms with van der Waals surface area (Å²) in [4.78, 5) is 16.8. The van der Waals surface area contributed by atoms with E-state index >= 15 is 0 Å². The Morgan fingerprint density at radius 3 is 2.64 bits per heavy atom. The van der Waals surface area contributed by atoms with Crippen LogP contribution in [0.15, 0.2) is 30.5 Å². The molecule has 0 spiro atoms. The Morgan fingerprint density at radius 2 is 1.92 bits per heavy atom. The third-order valence-electron chi connectivity index (χ3n) is 4.23. The lowest BCUT2D eigenvalue weighted by atomic mass is 9.95. The van der Waals surface area contributed by atoms with Crippen molar-refractivity contribution in [2.75, 3.05) is 5.73 Å². The van der Waals surface area contributed by atoms with Crippen molar-refractivity contribution < 1.29 is 9.18 Å². The van der Waals surface area contributed by atoms with Crippen LogP contribution in [0.25, 0.3) is 0 Å². The number of ketones is 1. The Hall–Kier alpha value is -1.94. The van der Waals surface area contributed by atoms with E-state index in [-0.39, 0.29) is 16.9 Å². The number of aryl methyl sites for hydroxylation is 1. The molecule has 2 rings (SSSR count). The molecule has 0 radical (unpaired) electrons. The van der Waals surface area contributed by atoms with Crippen LogP contribution in [0.5, 0.6) is 0 Å². The van der Waals surface area contributed by atoms with E-state index in [4.69, 9.17) is 17.3 Å². The largest absolute Gasteiger partial charge is 0.397 e. The molecule has 0 bridgehead atoms. The van der Waals surface area contributed by atoms with Gasteiger partial charge in [0.1, 0.15) is 11.5 Å². The van der Waals surface area contributed by atoms with Gasteiger partial charge in [-0.3, -0.25) is 4.79 Å². The van der Waals surface area contributed by atoms with Crippen molar-refractivity contribution in [3.05, 3.63) is 58.1 Å². The Balaban J connectivity index is 2.15. The fourth-order valence-corrected chi connectivity index (χ4v) is 3.06. The third kappa shape index (κ3) is 5.27. The average molecular weight is 363 g/mol. The van der Waals surface area contributed by atoms with Gasteiger partial charge in [0.15, 0.2) is 0 Å². The van der Waals surface area contributed by atoms with Gasteiger partial charge in [0, 0.05) is 6.20 Å². The van der Waals surface area contributed by atoms with Crippen molar-refractivity contribution in [2.45, 2.75) is 51.9 Å². The quantitative estimate of drug-likeness (QED) is 0.467. The van der Waals surface area contributed by atoms with Crippen molar-refractivity contribution in [1.82, 2.24) is 4.98 Å². The lowest BCUT2D eigenvalue weighted by Crippen LogP contribution is -2.12. The highest BCUT2D eigenvalue weighted by atomic mass is 35.5. The van der Waals surface area contributed by atoms with E-state index < -0.39 is 11.6 Å². The summed E-state index contributed by atoms with van der Waals surface area (Å²) in [5.74, 6) is -1.03. The molecule has 2 aromatic rings. The van der Waals surface area contributed by atoms with E-state index in [9.17, 15) is 9.18 Å². The molecule has 134 valence electrons. The summed E-state index contributed by atoms with van der Waals surface area (Å²) in [5, 5.41) is 0.342. The zero-order valence-electron chi connectivity index (χ0n) is 14.5. The maximum Gasteiger partial charge on any atom is 0.216 e. The first-order valence-corrected chi connectivity index (χ1v) is 9.15. The van der Waals surface area contributed by atoms with Crippen LogP contribution >= 0.6 is 11.6 Å². The highest BCUT2D eigenvalue weighted by Gasteiger charge is 2.21. The third-order valence-corrected chi connectivity index (χ3v) is 4.43. The first-order valence-electron chi connectivity index (χ1n) is 8.77. The lowest BCUT2D eigenvalue weighted by Gasteiger charge is -2.11. The Kier molecular flexibility index (Phi) is 7.38. The normalized spacial score (nSPS) is 10.8. The summed E-state index contributed by atoms with van der Waals surface area (Å²) in [7, 11) is 0. The van der Waals surface area contributed by atoms with E-state index in [1.807, 2.05) is 0 Å². The van der Waals surface area contributed by atoms with E-state index in [0.717, 1.165) is 19.3 Å². The molecule has 0 saturated carbocycles. The number of nitrogens with zero attached hydrogens (tertiary/aromatic N) is 1. The number of carbonyl (C=O) groups is 1. The second kappa shape index (κ2) is 9.52. The maximum atomic E-state index is 14.4. The van der Waals surface area contributed by atoms with Gasteiger partial charge in [0.05, 0.1) is 16.3 Å². The van der Waals surface area contributed by atoms with Crippen LogP contribution < -0.4 is 5.73 Å². The predicted octanol–water partition coefficient (Wildman–Crippen LogP) is 5.59. The summed E-state index contributed by atoms with van der Waals surface area (Å²) < 4.78 is 14.4. The maximum absolute atomic E-state index is 14.4. The molecule has 0 amide bonds. The molecule has 0 unspecified atom stereocenters. The average Bonchev–Trinajstić information content (AvgIpc) is 2.57. The number of nitrogens with two attached hydrogens (primary N) is 1. The van der Waals surface area contributed by atoms with Crippen LogP contribution in [0.1, 0.15) is 67.1 Å².